The molecule has 1 aliphatic carbocycles. The summed E-state index contributed by atoms with van der Waals surface area (Å²) in [6.45, 7) is 3.28. The Labute approximate surface area is 129 Å². The molecule has 112 valence electrons. The van der Waals surface area contributed by atoms with Crippen molar-refractivity contribution in [1.82, 2.24) is 0 Å². The Morgan fingerprint density at radius 1 is 1.45 bits per heavy atom. The predicted octanol–water partition coefficient (Wildman–Crippen LogP) is 3.06. The Bertz CT molecular complexity index is 421. The topological polar surface area (TPSA) is 55.5 Å². The molecule has 0 radical (unpaired) electrons. The van der Waals surface area contributed by atoms with Crippen LogP contribution in [0.25, 0.3) is 0 Å². The molecular weight excluding hydrogens is 318 g/mol. The van der Waals surface area contributed by atoms with E-state index in [4.69, 9.17) is 10.5 Å². The third kappa shape index (κ3) is 4.04. The smallest absolute Gasteiger partial charge is 0.0623 e. The van der Waals surface area contributed by atoms with Crippen LogP contribution in [0.4, 0.5) is 0 Å². The average molecular weight is 342 g/mol. The number of benzene rings is 1. The van der Waals surface area contributed by atoms with E-state index in [1.54, 1.807) is 0 Å². The maximum Gasteiger partial charge on any atom is 0.0623 e. The fourth-order valence-electron chi connectivity index (χ4n) is 3.00. The lowest BCUT2D eigenvalue weighted by molar-refractivity contribution is -0.0398. The van der Waals surface area contributed by atoms with Crippen LogP contribution in [0.3, 0.4) is 0 Å². The zero-order valence-corrected chi connectivity index (χ0v) is 13.6. The number of halogens is 1. The monoisotopic (exact) mass is 341 g/mol. The molecule has 3 nitrogen and oxygen atoms in total. The molecule has 2 rings (SSSR count). The van der Waals surface area contributed by atoms with Crippen LogP contribution in [0.5, 0.6) is 0 Å². The van der Waals surface area contributed by atoms with Crippen molar-refractivity contribution in [2.45, 2.75) is 44.3 Å². The van der Waals surface area contributed by atoms with Crippen LogP contribution in [0.2, 0.25) is 0 Å². The molecule has 0 spiro atoms. The molecule has 0 aromatic heterocycles. The van der Waals surface area contributed by atoms with Gasteiger partial charge in [0.1, 0.15) is 0 Å². The summed E-state index contributed by atoms with van der Waals surface area (Å²) >= 11 is 3.47. The van der Waals surface area contributed by atoms with Crippen LogP contribution >= 0.6 is 15.9 Å². The van der Waals surface area contributed by atoms with Gasteiger partial charge in [-0.3, -0.25) is 0 Å². The first-order valence-electron chi connectivity index (χ1n) is 7.39. The highest BCUT2D eigenvalue weighted by Crippen LogP contribution is 2.36. The quantitative estimate of drug-likeness (QED) is 0.801. The summed E-state index contributed by atoms with van der Waals surface area (Å²) in [4.78, 5) is 0. The highest BCUT2D eigenvalue weighted by Gasteiger charge is 2.33. The molecule has 0 heterocycles. The van der Waals surface area contributed by atoms with E-state index in [1.165, 1.54) is 0 Å². The first-order chi connectivity index (χ1) is 9.63. The predicted molar refractivity (Wildman–Crippen MR) is 84.7 cm³/mol. The zero-order chi connectivity index (χ0) is 14.5. The van der Waals surface area contributed by atoms with Crippen LogP contribution in [0.15, 0.2) is 28.7 Å². The molecule has 0 saturated heterocycles. The van der Waals surface area contributed by atoms with E-state index in [9.17, 15) is 5.11 Å². The number of rotatable bonds is 7. The summed E-state index contributed by atoms with van der Waals surface area (Å²) in [5.41, 5.74) is 6.97. The van der Waals surface area contributed by atoms with Gasteiger partial charge in [0.2, 0.25) is 0 Å². The minimum Gasteiger partial charge on any atom is -0.392 e. The van der Waals surface area contributed by atoms with E-state index >= 15 is 0 Å². The molecule has 2 unspecified atom stereocenters. The van der Waals surface area contributed by atoms with Crippen molar-refractivity contribution in [3.8, 4) is 0 Å². The van der Waals surface area contributed by atoms with Gasteiger partial charge in [0.25, 0.3) is 0 Å². The van der Waals surface area contributed by atoms with Crippen LogP contribution in [-0.2, 0) is 4.74 Å². The van der Waals surface area contributed by atoms with Crippen LogP contribution < -0.4 is 5.73 Å². The molecule has 20 heavy (non-hydrogen) atoms. The van der Waals surface area contributed by atoms with Gasteiger partial charge in [-0.1, -0.05) is 28.1 Å². The molecular formula is C16H24BrNO2. The fourth-order valence-corrected chi connectivity index (χ4v) is 3.41. The van der Waals surface area contributed by atoms with Gasteiger partial charge in [0.15, 0.2) is 0 Å². The first kappa shape index (κ1) is 16.0. The van der Waals surface area contributed by atoms with E-state index in [0.717, 1.165) is 35.9 Å². The molecule has 1 aromatic rings. The third-order valence-corrected chi connectivity index (χ3v) is 4.66. The highest BCUT2D eigenvalue weighted by molar-refractivity contribution is 9.10. The molecule has 0 bridgehead atoms. The van der Waals surface area contributed by atoms with Crippen LogP contribution in [0, 0.1) is 5.92 Å². The van der Waals surface area contributed by atoms with Gasteiger partial charge in [-0.25, -0.2) is 0 Å². The van der Waals surface area contributed by atoms with Gasteiger partial charge in [0.05, 0.1) is 12.2 Å². The standard InChI is InChI=1S/C16H24BrNO2/c1-2-20-14-6-11(7-14)8-16(19)15(10-18)12-4-3-5-13(17)9-12/h3-5,9,11,14-16,19H,2,6-8,10,18H2,1H3. The van der Waals surface area contributed by atoms with E-state index in [-0.39, 0.29) is 12.0 Å². The Balaban J connectivity index is 1.88. The van der Waals surface area contributed by atoms with Crippen molar-refractivity contribution in [2.24, 2.45) is 11.7 Å². The molecule has 3 N–H and O–H groups in total. The number of aliphatic hydroxyl groups excluding tert-OH is 1. The lowest BCUT2D eigenvalue weighted by Crippen LogP contribution is -2.36. The number of hydrogen-bond acceptors (Lipinski definition) is 3. The van der Waals surface area contributed by atoms with Gasteiger partial charge >= 0.3 is 0 Å². The lowest BCUT2D eigenvalue weighted by atomic mass is 9.76. The summed E-state index contributed by atoms with van der Waals surface area (Å²) in [5.74, 6) is 0.585. The molecule has 0 amide bonds. The summed E-state index contributed by atoms with van der Waals surface area (Å²) < 4.78 is 6.59. The minimum atomic E-state index is -0.373. The molecule has 1 fully saturated rings. The van der Waals surface area contributed by atoms with E-state index < -0.39 is 0 Å². The highest BCUT2D eigenvalue weighted by atomic mass is 79.9. The number of aliphatic hydroxyl groups is 1. The van der Waals surface area contributed by atoms with E-state index in [2.05, 4.69) is 15.9 Å². The van der Waals surface area contributed by atoms with Gasteiger partial charge < -0.3 is 15.6 Å². The van der Waals surface area contributed by atoms with Gasteiger partial charge in [0, 0.05) is 23.5 Å². The number of ether oxygens (including phenoxy) is 1. The van der Waals surface area contributed by atoms with Crippen molar-refractivity contribution in [3.05, 3.63) is 34.3 Å². The number of nitrogens with two attached hydrogens (primary N) is 1. The Morgan fingerprint density at radius 2 is 2.20 bits per heavy atom. The Morgan fingerprint density at radius 3 is 2.80 bits per heavy atom. The SMILES string of the molecule is CCOC1CC(CC(O)C(CN)c2cccc(Br)c2)C1. The molecule has 0 aliphatic heterocycles. The van der Waals surface area contributed by atoms with Crippen LogP contribution in [-0.4, -0.2) is 30.5 Å². The second-order valence-electron chi connectivity index (χ2n) is 5.62. The van der Waals surface area contributed by atoms with Crippen molar-refractivity contribution in [3.63, 3.8) is 0 Å². The first-order valence-corrected chi connectivity index (χ1v) is 8.18. The van der Waals surface area contributed by atoms with Crippen molar-refractivity contribution >= 4 is 15.9 Å². The summed E-state index contributed by atoms with van der Waals surface area (Å²) in [6, 6.07) is 8.06. The summed E-state index contributed by atoms with van der Waals surface area (Å²) in [7, 11) is 0. The average Bonchev–Trinajstić information content (AvgIpc) is 2.37. The summed E-state index contributed by atoms with van der Waals surface area (Å²) in [5, 5.41) is 10.5. The number of hydrogen-bond donors (Lipinski definition) is 2. The van der Waals surface area contributed by atoms with Gasteiger partial charge in [-0.15, -0.1) is 0 Å². The summed E-state index contributed by atoms with van der Waals surface area (Å²) in [6.07, 6.45) is 2.99. The molecule has 2 atom stereocenters. The normalized spacial score (nSPS) is 25.0. The van der Waals surface area contributed by atoms with Crippen LogP contribution in [0.1, 0.15) is 37.7 Å². The molecule has 1 aromatic carbocycles. The second kappa shape index (κ2) is 7.55. The largest absolute Gasteiger partial charge is 0.392 e. The minimum absolute atomic E-state index is 0.0126. The maximum absolute atomic E-state index is 10.5. The third-order valence-electron chi connectivity index (χ3n) is 4.16. The van der Waals surface area contributed by atoms with E-state index in [0.29, 0.717) is 18.6 Å². The zero-order valence-electron chi connectivity index (χ0n) is 12.0. The molecule has 1 saturated carbocycles. The Kier molecular flexibility index (Phi) is 6.02. The Hall–Kier alpha value is -0.420. The van der Waals surface area contributed by atoms with Gasteiger partial charge in [-0.05, 0) is 49.8 Å². The van der Waals surface area contributed by atoms with Crippen molar-refractivity contribution in [2.75, 3.05) is 13.2 Å². The maximum atomic E-state index is 10.5. The van der Waals surface area contributed by atoms with Crippen molar-refractivity contribution in [1.29, 1.82) is 0 Å². The second-order valence-corrected chi connectivity index (χ2v) is 6.53. The molecule has 4 heteroatoms. The van der Waals surface area contributed by atoms with Crippen molar-refractivity contribution < 1.29 is 9.84 Å². The van der Waals surface area contributed by atoms with Gasteiger partial charge in [-0.2, -0.15) is 0 Å². The van der Waals surface area contributed by atoms with E-state index in [1.807, 2.05) is 31.2 Å². The lowest BCUT2D eigenvalue weighted by Gasteiger charge is -2.37. The fraction of sp³-hybridized carbons (Fsp3) is 0.625. The molecule has 1 aliphatic rings.